The summed E-state index contributed by atoms with van der Waals surface area (Å²) < 4.78 is 5.66. The molecule has 0 bridgehead atoms. The van der Waals surface area contributed by atoms with Crippen LogP contribution in [0.4, 0.5) is 11.5 Å². The van der Waals surface area contributed by atoms with E-state index in [0.717, 1.165) is 13.1 Å². The van der Waals surface area contributed by atoms with Gasteiger partial charge in [0.2, 0.25) is 0 Å². The number of anilines is 2. The first-order chi connectivity index (χ1) is 8.11. The van der Waals surface area contributed by atoms with Crippen molar-refractivity contribution >= 4 is 11.5 Å². The molecule has 0 aliphatic carbocycles. The first kappa shape index (κ1) is 11.7. The van der Waals surface area contributed by atoms with E-state index in [-0.39, 0.29) is 12.2 Å². The maximum Gasteiger partial charge on any atom is 0.153 e. The van der Waals surface area contributed by atoms with E-state index in [9.17, 15) is 0 Å². The van der Waals surface area contributed by atoms with Crippen LogP contribution in [0.2, 0.25) is 0 Å². The molecule has 2 N–H and O–H groups in total. The summed E-state index contributed by atoms with van der Waals surface area (Å²) >= 11 is 0. The van der Waals surface area contributed by atoms with Crippen molar-refractivity contribution in [2.75, 3.05) is 23.7 Å². The molecule has 1 aromatic rings. The molecule has 5 nitrogen and oxygen atoms in total. The van der Waals surface area contributed by atoms with Gasteiger partial charge < -0.3 is 15.4 Å². The van der Waals surface area contributed by atoms with Gasteiger partial charge in [-0.2, -0.15) is 5.26 Å². The van der Waals surface area contributed by atoms with Crippen LogP contribution in [0.25, 0.3) is 0 Å². The quantitative estimate of drug-likeness (QED) is 0.786. The average molecular weight is 232 g/mol. The Morgan fingerprint density at radius 3 is 2.71 bits per heavy atom. The van der Waals surface area contributed by atoms with Crippen molar-refractivity contribution in [3.8, 4) is 6.07 Å². The van der Waals surface area contributed by atoms with Gasteiger partial charge in [0.05, 0.1) is 23.5 Å². The van der Waals surface area contributed by atoms with Crippen molar-refractivity contribution in [3.63, 3.8) is 0 Å². The molecule has 2 unspecified atom stereocenters. The summed E-state index contributed by atoms with van der Waals surface area (Å²) in [6.07, 6.45) is 1.91. The van der Waals surface area contributed by atoms with Crippen LogP contribution in [0.15, 0.2) is 12.3 Å². The van der Waals surface area contributed by atoms with E-state index in [1.165, 1.54) is 0 Å². The van der Waals surface area contributed by atoms with Crippen molar-refractivity contribution in [2.45, 2.75) is 26.1 Å². The number of ether oxygens (including phenoxy) is 1. The van der Waals surface area contributed by atoms with Crippen molar-refractivity contribution in [1.29, 1.82) is 5.26 Å². The number of nitrogen functional groups attached to an aromatic ring is 1. The van der Waals surface area contributed by atoms with Gasteiger partial charge in [-0.25, -0.2) is 4.98 Å². The van der Waals surface area contributed by atoms with Gasteiger partial charge in [0.1, 0.15) is 6.07 Å². The molecule has 0 radical (unpaired) electrons. The number of nitrogens with two attached hydrogens (primary N) is 1. The van der Waals surface area contributed by atoms with Gasteiger partial charge in [-0.1, -0.05) is 0 Å². The van der Waals surface area contributed by atoms with E-state index in [2.05, 4.69) is 16.0 Å². The highest BCUT2D eigenvalue weighted by atomic mass is 16.5. The maximum absolute atomic E-state index is 8.94. The van der Waals surface area contributed by atoms with Gasteiger partial charge in [0.15, 0.2) is 5.82 Å². The van der Waals surface area contributed by atoms with Crippen molar-refractivity contribution in [2.24, 2.45) is 0 Å². The van der Waals surface area contributed by atoms with Crippen molar-refractivity contribution in [1.82, 2.24) is 4.98 Å². The third-order valence-electron chi connectivity index (χ3n) is 2.81. The first-order valence-corrected chi connectivity index (χ1v) is 5.66. The van der Waals surface area contributed by atoms with E-state index in [1.54, 1.807) is 12.3 Å². The molecule has 1 aliphatic rings. The predicted octanol–water partition coefficient (Wildman–Crippen LogP) is 1.15. The molecule has 17 heavy (non-hydrogen) atoms. The molecule has 0 spiro atoms. The van der Waals surface area contributed by atoms with Crippen LogP contribution in [0.5, 0.6) is 0 Å². The Hall–Kier alpha value is -1.80. The number of hydrogen-bond acceptors (Lipinski definition) is 5. The Morgan fingerprint density at radius 2 is 2.12 bits per heavy atom. The number of morpholine rings is 1. The van der Waals surface area contributed by atoms with Crippen LogP contribution in [0.1, 0.15) is 19.4 Å². The second-order valence-electron chi connectivity index (χ2n) is 4.37. The lowest BCUT2D eigenvalue weighted by molar-refractivity contribution is -0.00541. The van der Waals surface area contributed by atoms with Crippen LogP contribution in [-0.2, 0) is 4.74 Å². The standard InChI is InChI=1S/C12H16N4O/c1-8-6-16(7-9(2)17-8)12-11(14)10(5-13)3-4-15-12/h3-4,8-9H,6-7,14H2,1-2H3. The van der Waals surface area contributed by atoms with Gasteiger partial charge in [0.25, 0.3) is 0 Å². The second kappa shape index (κ2) is 4.60. The van der Waals surface area contributed by atoms with E-state index < -0.39 is 0 Å². The van der Waals surface area contributed by atoms with Crippen LogP contribution in [-0.4, -0.2) is 30.3 Å². The molecule has 1 aromatic heterocycles. The largest absolute Gasteiger partial charge is 0.395 e. The summed E-state index contributed by atoms with van der Waals surface area (Å²) in [7, 11) is 0. The lowest BCUT2D eigenvalue weighted by atomic mass is 10.2. The molecule has 1 fully saturated rings. The summed E-state index contributed by atoms with van der Waals surface area (Å²) in [5.41, 5.74) is 6.88. The smallest absolute Gasteiger partial charge is 0.153 e. The summed E-state index contributed by atoms with van der Waals surface area (Å²) in [5, 5.41) is 8.94. The number of hydrogen-bond donors (Lipinski definition) is 1. The minimum Gasteiger partial charge on any atom is -0.395 e. The SMILES string of the molecule is CC1CN(c2nccc(C#N)c2N)CC(C)O1. The van der Waals surface area contributed by atoms with Crippen molar-refractivity contribution < 1.29 is 4.74 Å². The van der Waals surface area contributed by atoms with Crippen LogP contribution in [0.3, 0.4) is 0 Å². The monoisotopic (exact) mass is 232 g/mol. The fourth-order valence-electron chi connectivity index (χ4n) is 2.16. The van der Waals surface area contributed by atoms with Gasteiger partial charge in [-0.05, 0) is 19.9 Å². The maximum atomic E-state index is 8.94. The van der Waals surface area contributed by atoms with Crippen LogP contribution < -0.4 is 10.6 Å². The summed E-state index contributed by atoms with van der Waals surface area (Å²) in [5.74, 6) is 0.686. The summed E-state index contributed by atoms with van der Waals surface area (Å²) in [6.45, 7) is 5.53. The second-order valence-corrected chi connectivity index (χ2v) is 4.37. The topological polar surface area (TPSA) is 75.2 Å². The Labute approximate surface area is 101 Å². The predicted molar refractivity (Wildman–Crippen MR) is 65.6 cm³/mol. The Bertz CT molecular complexity index is 444. The van der Waals surface area contributed by atoms with Gasteiger partial charge in [-0.3, -0.25) is 0 Å². The first-order valence-electron chi connectivity index (χ1n) is 5.66. The number of pyridine rings is 1. The molecule has 0 amide bonds. The molecule has 0 saturated carbocycles. The zero-order valence-electron chi connectivity index (χ0n) is 10.1. The fraction of sp³-hybridized carbons (Fsp3) is 0.500. The number of nitriles is 1. The molecule has 2 atom stereocenters. The van der Waals surface area contributed by atoms with Crippen LogP contribution in [0, 0.1) is 11.3 Å². The van der Waals surface area contributed by atoms with E-state index in [1.807, 2.05) is 13.8 Å². The fourth-order valence-corrected chi connectivity index (χ4v) is 2.16. The van der Waals surface area contributed by atoms with Crippen LogP contribution >= 0.6 is 0 Å². The summed E-state index contributed by atoms with van der Waals surface area (Å²) in [6, 6.07) is 3.71. The highest BCUT2D eigenvalue weighted by Crippen LogP contribution is 2.26. The van der Waals surface area contributed by atoms with Gasteiger partial charge in [-0.15, -0.1) is 0 Å². The molecule has 0 aromatic carbocycles. The van der Waals surface area contributed by atoms with Gasteiger partial charge >= 0.3 is 0 Å². The zero-order valence-corrected chi connectivity index (χ0v) is 10.1. The normalized spacial score (nSPS) is 24.4. The zero-order chi connectivity index (χ0) is 12.4. The summed E-state index contributed by atoms with van der Waals surface area (Å²) in [4.78, 5) is 6.35. The van der Waals surface area contributed by atoms with E-state index in [4.69, 9.17) is 15.7 Å². The van der Waals surface area contributed by atoms with Crippen molar-refractivity contribution in [3.05, 3.63) is 17.8 Å². The van der Waals surface area contributed by atoms with Gasteiger partial charge in [0, 0.05) is 19.3 Å². The molecular weight excluding hydrogens is 216 g/mol. The Morgan fingerprint density at radius 1 is 1.47 bits per heavy atom. The highest BCUT2D eigenvalue weighted by molar-refractivity contribution is 5.70. The van der Waals surface area contributed by atoms with E-state index in [0.29, 0.717) is 17.1 Å². The number of nitrogens with zero attached hydrogens (tertiary/aromatic N) is 3. The Kier molecular flexibility index (Phi) is 3.16. The number of aromatic nitrogens is 1. The highest BCUT2D eigenvalue weighted by Gasteiger charge is 2.25. The molecule has 2 rings (SSSR count). The lowest BCUT2D eigenvalue weighted by Gasteiger charge is -2.36. The minimum absolute atomic E-state index is 0.144. The molecule has 90 valence electrons. The molecule has 1 aliphatic heterocycles. The minimum atomic E-state index is 0.144. The third-order valence-corrected chi connectivity index (χ3v) is 2.81. The molecular formula is C12H16N4O. The third kappa shape index (κ3) is 2.32. The Balaban J connectivity index is 2.31. The molecule has 5 heteroatoms. The average Bonchev–Trinajstić information content (AvgIpc) is 2.28. The molecule has 1 saturated heterocycles. The molecule has 2 heterocycles. The number of rotatable bonds is 1. The lowest BCUT2D eigenvalue weighted by Crippen LogP contribution is -2.46. The van der Waals surface area contributed by atoms with E-state index >= 15 is 0 Å².